The first kappa shape index (κ1) is 18.1. The first-order chi connectivity index (χ1) is 10.8. The van der Waals surface area contributed by atoms with Gasteiger partial charge in [0.05, 0.1) is 0 Å². The number of benzene rings is 1. The van der Waals surface area contributed by atoms with E-state index in [4.69, 9.17) is 0 Å². The van der Waals surface area contributed by atoms with E-state index in [1.54, 1.807) is 18.2 Å². The van der Waals surface area contributed by atoms with Gasteiger partial charge in [0.1, 0.15) is 5.75 Å². The van der Waals surface area contributed by atoms with E-state index in [9.17, 15) is 13.2 Å². The molecule has 1 aromatic carbocycles. The molecule has 0 atom stereocenters. The highest BCUT2D eigenvalue weighted by atomic mass is 19.4. The zero-order chi connectivity index (χ0) is 16.9. The van der Waals surface area contributed by atoms with E-state index in [-0.39, 0.29) is 5.75 Å². The number of hydrogen-bond donors (Lipinski definition) is 1. The lowest BCUT2D eigenvalue weighted by Crippen LogP contribution is -2.44. The summed E-state index contributed by atoms with van der Waals surface area (Å²) in [5.74, 6) is 0.364. The number of nitrogens with zero attached hydrogens (tertiary/aromatic N) is 1. The fraction of sp³-hybridized carbons (Fsp3) is 0.647. The van der Waals surface area contributed by atoms with Crippen LogP contribution >= 0.6 is 0 Å². The van der Waals surface area contributed by atoms with Crippen molar-refractivity contribution in [1.29, 1.82) is 0 Å². The lowest BCUT2D eigenvalue weighted by atomic mass is 10.0. The standard InChI is InChI=1S/C17H25F3N2O/c1-13(2)11-22(15-7-9-21-10-8-15)12-14-5-3-4-6-16(14)23-17(18,19)20/h3-6,13,15,21H,7-12H2,1-2H3. The monoisotopic (exact) mass is 330 g/mol. The van der Waals surface area contributed by atoms with Crippen molar-refractivity contribution in [2.45, 2.75) is 45.6 Å². The van der Waals surface area contributed by atoms with Gasteiger partial charge < -0.3 is 10.1 Å². The second-order valence-electron chi connectivity index (χ2n) is 6.46. The van der Waals surface area contributed by atoms with E-state index in [1.165, 1.54) is 6.07 Å². The fourth-order valence-corrected chi connectivity index (χ4v) is 3.06. The third kappa shape index (κ3) is 6.03. The number of nitrogens with one attached hydrogen (secondary N) is 1. The molecule has 1 N–H and O–H groups in total. The van der Waals surface area contributed by atoms with Gasteiger partial charge in [0.25, 0.3) is 0 Å². The van der Waals surface area contributed by atoms with Gasteiger partial charge in [-0.15, -0.1) is 13.2 Å². The summed E-state index contributed by atoms with van der Waals surface area (Å²) < 4.78 is 41.9. The molecule has 0 aromatic heterocycles. The molecule has 1 aliphatic heterocycles. The lowest BCUT2D eigenvalue weighted by Gasteiger charge is -2.36. The molecule has 0 amide bonds. The Morgan fingerprint density at radius 3 is 2.48 bits per heavy atom. The minimum atomic E-state index is -4.66. The normalized spacial score (nSPS) is 17.0. The third-order valence-electron chi connectivity index (χ3n) is 4.00. The summed E-state index contributed by atoms with van der Waals surface area (Å²) in [4.78, 5) is 2.30. The average Bonchev–Trinajstić information content (AvgIpc) is 2.47. The summed E-state index contributed by atoms with van der Waals surface area (Å²) in [5.41, 5.74) is 0.587. The molecular formula is C17H25F3N2O. The summed E-state index contributed by atoms with van der Waals surface area (Å²) >= 11 is 0. The van der Waals surface area contributed by atoms with Crippen LogP contribution in [-0.2, 0) is 6.54 Å². The first-order valence-electron chi connectivity index (χ1n) is 8.13. The number of para-hydroxylation sites is 1. The molecule has 2 rings (SSSR count). The van der Waals surface area contributed by atoms with E-state index >= 15 is 0 Å². The Bertz CT molecular complexity index is 485. The molecule has 3 nitrogen and oxygen atoms in total. The molecule has 0 spiro atoms. The van der Waals surface area contributed by atoms with Gasteiger partial charge in [0, 0.05) is 24.7 Å². The summed E-state index contributed by atoms with van der Waals surface area (Å²) in [6.45, 7) is 7.53. The third-order valence-corrected chi connectivity index (χ3v) is 4.00. The van der Waals surface area contributed by atoms with Crippen LogP contribution in [0, 0.1) is 5.92 Å². The molecule has 23 heavy (non-hydrogen) atoms. The molecular weight excluding hydrogens is 305 g/mol. The Morgan fingerprint density at radius 2 is 1.87 bits per heavy atom. The Kier molecular flexibility index (Phi) is 6.30. The number of piperidine rings is 1. The van der Waals surface area contributed by atoms with Crippen molar-refractivity contribution in [3.8, 4) is 5.75 Å². The highest BCUT2D eigenvalue weighted by Gasteiger charge is 2.32. The van der Waals surface area contributed by atoms with Crippen LogP contribution in [0.1, 0.15) is 32.3 Å². The fourth-order valence-electron chi connectivity index (χ4n) is 3.06. The Hall–Kier alpha value is -1.27. The maximum absolute atomic E-state index is 12.6. The molecule has 1 heterocycles. The van der Waals surface area contributed by atoms with Crippen molar-refractivity contribution in [3.05, 3.63) is 29.8 Å². The molecule has 1 fully saturated rings. The number of alkyl halides is 3. The molecule has 0 aliphatic carbocycles. The van der Waals surface area contributed by atoms with E-state index in [2.05, 4.69) is 28.8 Å². The van der Waals surface area contributed by atoms with Gasteiger partial charge in [-0.3, -0.25) is 4.90 Å². The maximum Gasteiger partial charge on any atom is 0.573 e. The van der Waals surface area contributed by atoms with Crippen LogP contribution in [0.2, 0.25) is 0 Å². The smallest absolute Gasteiger partial charge is 0.405 e. The second kappa shape index (κ2) is 8.02. The Morgan fingerprint density at radius 1 is 1.22 bits per heavy atom. The zero-order valence-corrected chi connectivity index (χ0v) is 13.7. The van der Waals surface area contributed by atoms with Crippen molar-refractivity contribution in [2.24, 2.45) is 5.92 Å². The van der Waals surface area contributed by atoms with Crippen molar-refractivity contribution >= 4 is 0 Å². The quantitative estimate of drug-likeness (QED) is 0.859. The van der Waals surface area contributed by atoms with Gasteiger partial charge in [0.2, 0.25) is 0 Å². The molecule has 1 saturated heterocycles. The van der Waals surface area contributed by atoms with Crippen LogP contribution in [0.25, 0.3) is 0 Å². The molecule has 1 aliphatic rings. The van der Waals surface area contributed by atoms with Crippen molar-refractivity contribution in [1.82, 2.24) is 10.2 Å². The van der Waals surface area contributed by atoms with Gasteiger partial charge in [-0.2, -0.15) is 0 Å². The zero-order valence-electron chi connectivity index (χ0n) is 13.7. The van der Waals surface area contributed by atoms with Crippen molar-refractivity contribution < 1.29 is 17.9 Å². The molecule has 130 valence electrons. The molecule has 1 aromatic rings. The van der Waals surface area contributed by atoms with Gasteiger partial charge >= 0.3 is 6.36 Å². The first-order valence-corrected chi connectivity index (χ1v) is 8.13. The molecule has 0 bridgehead atoms. The highest BCUT2D eigenvalue weighted by molar-refractivity contribution is 5.33. The van der Waals surface area contributed by atoms with E-state index < -0.39 is 6.36 Å². The largest absolute Gasteiger partial charge is 0.573 e. The summed E-state index contributed by atoms with van der Waals surface area (Å²) in [6.07, 6.45) is -2.61. The van der Waals surface area contributed by atoms with Gasteiger partial charge in [0.15, 0.2) is 0 Å². The van der Waals surface area contributed by atoms with Gasteiger partial charge in [-0.05, 0) is 37.9 Å². The van der Waals surface area contributed by atoms with Gasteiger partial charge in [-0.25, -0.2) is 0 Å². The van der Waals surface area contributed by atoms with Crippen LogP contribution in [0.3, 0.4) is 0 Å². The molecule has 0 radical (unpaired) electrons. The van der Waals surface area contributed by atoms with Crippen LogP contribution < -0.4 is 10.1 Å². The minimum absolute atomic E-state index is 0.0947. The number of hydrogen-bond acceptors (Lipinski definition) is 3. The topological polar surface area (TPSA) is 24.5 Å². The molecule has 0 unspecified atom stereocenters. The summed E-state index contributed by atoms with van der Waals surface area (Å²) in [7, 11) is 0. The lowest BCUT2D eigenvalue weighted by molar-refractivity contribution is -0.275. The van der Waals surface area contributed by atoms with Crippen molar-refractivity contribution in [2.75, 3.05) is 19.6 Å². The second-order valence-corrected chi connectivity index (χ2v) is 6.46. The average molecular weight is 330 g/mol. The number of halogens is 3. The number of rotatable bonds is 6. The minimum Gasteiger partial charge on any atom is -0.405 e. The van der Waals surface area contributed by atoms with E-state index in [0.717, 1.165) is 32.5 Å². The predicted molar refractivity (Wildman–Crippen MR) is 84.3 cm³/mol. The molecule has 6 heteroatoms. The van der Waals surface area contributed by atoms with Crippen LogP contribution in [0.15, 0.2) is 24.3 Å². The number of ether oxygens (including phenoxy) is 1. The van der Waals surface area contributed by atoms with Gasteiger partial charge in [-0.1, -0.05) is 32.0 Å². The van der Waals surface area contributed by atoms with E-state index in [0.29, 0.717) is 24.1 Å². The summed E-state index contributed by atoms with van der Waals surface area (Å²) in [6, 6.07) is 6.84. The SMILES string of the molecule is CC(C)CN(Cc1ccccc1OC(F)(F)F)C1CCNCC1. The Balaban J connectivity index is 2.15. The predicted octanol–water partition coefficient (Wildman–Crippen LogP) is 3.80. The van der Waals surface area contributed by atoms with Crippen molar-refractivity contribution in [3.63, 3.8) is 0 Å². The highest BCUT2D eigenvalue weighted by Crippen LogP contribution is 2.28. The van der Waals surface area contributed by atoms with E-state index in [1.807, 2.05) is 0 Å². The van der Waals surface area contributed by atoms with Crippen LogP contribution in [-0.4, -0.2) is 36.9 Å². The van der Waals surface area contributed by atoms with Crippen LogP contribution in [0.4, 0.5) is 13.2 Å². The Labute approximate surface area is 135 Å². The molecule has 0 saturated carbocycles. The maximum atomic E-state index is 12.6. The van der Waals surface area contributed by atoms with Crippen LogP contribution in [0.5, 0.6) is 5.75 Å². The summed E-state index contributed by atoms with van der Waals surface area (Å²) in [5, 5.41) is 3.33.